The van der Waals surface area contributed by atoms with E-state index in [1.54, 1.807) is 18.2 Å². The Morgan fingerprint density at radius 3 is 2.87 bits per heavy atom. The van der Waals surface area contributed by atoms with Crippen LogP contribution >= 0.6 is 11.6 Å². The van der Waals surface area contributed by atoms with Crippen molar-refractivity contribution in [3.8, 4) is 0 Å². The highest BCUT2D eigenvalue weighted by Crippen LogP contribution is 2.26. The van der Waals surface area contributed by atoms with Crippen molar-refractivity contribution in [3.05, 3.63) is 52.6 Å². The summed E-state index contributed by atoms with van der Waals surface area (Å²) in [4.78, 5) is 20.9. The van der Waals surface area contributed by atoms with E-state index in [1.165, 1.54) is 6.33 Å². The van der Waals surface area contributed by atoms with Gasteiger partial charge < -0.3 is 10.1 Å². The number of rotatable bonds is 3. The summed E-state index contributed by atoms with van der Waals surface area (Å²) >= 11 is 6.08. The molecule has 1 N–H and O–H groups in total. The second-order valence-electron chi connectivity index (χ2n) is 5.58. The first kappa shape index (κ1) is 15.9. The molecule has 5 nitrogen and oxygen atoms in total. The highest BCUT2D eigenvalue weighted by Gasteiger charge is 2.19. The lowest BCUT2D eigenvalue weighted by Crippen LogP contribution is -2.18. The highest BCUT2D eigenvalue weighted by molar-refractivity contribution is 6.31. The molecule has 1 aliphatic heterocycles. The predicted molar refractivity (Wildman–Crippen MR) is 89.0 cm³/mol. The zero-order valence-electron chi connectivity index (χ0n) is 12.9. The third-order valence-electron chi connectivity index (χ3n) is 4.08. The van der Waals surface area contributed by atoms with Gasteiger partial charge in [0.15, 0.2) is 0 Å². The number of aromatic nitrogens is 2. The number of nitrogens with zero attached hydrogens (tertiary/aromatic N) is 2. The number of carbonyl (C=O) groups is 1. The third-order valence-corrected chi connectivity index (χ3v) is 4.49. The number of anilines is 1. The molecule has 1 aromatic carbocycles. The van der Waals surface area contributed by atoms with Crippen LogP contribution in [0.25, 0.3) is 0 Å². The Hall–Kier alpha value is -1.98. The summed E-state index contributed by atoms with van der Waals surface area (Å²) in [5.41, 5.74) is 2.78. The zero-order chi connectivity index (χ0) is 16.2. The molecule has 0 aliphatic carbocycles. The van der Waals surface area contributed by atoms with Crippen LogP contribution < -0.4 is 5.32 Å². The first-order valence-electron chi connectivity index (χ1n) is 7.61. The summed E-state index contributed by atoms with van der Waals surface area (Å²) in [5, 5.41) is 3.48. The van der Waals surface area contributed by atoms with Gasteiger partial charge in [-0.15, -0.1) is 0 Å². The number of hydrogen-bond donors (Lipinski definition) is 1. The minimum atomic E-state index is -0.258. The van der Waals surface area contributed by atoms with E-state index in [1.807, 2.05) is 13.0 Å². The molecule has 1 fully saturated rings. The lowest BCUT2D eigenvalue weighted by Gasteiger charge is -2.21. The molecule has 6 heteroatoms. The number of amides is 1. The van der Waals surface area contributed by atoms with Gasteiger partial charge in [0.05, 0.1) is 0 Å². The van der Waals surface area contributed by atoms with Crippen molar-refractivity contribution >= 4 is 23.2 Å². The van der Waals surface area contributed by atoms with Gasteiger partial charge in [-0.3, -0.25) is 4.79 Å². The molecule has 1 saturated heterocycles. The summed E-state index contributed by atoms with van der Waals surface area (Å²) in [6, 6.07) is 7.18. The van der Waals surface area contributed by atoms with Gasteiger partial charge in [-0.2, -0.15) is 0 Å². The first-order valence-corrected chi connectivity index (χ1v) is 7.99. The molecule has 1 aliphatic rings. The fourth-order valence-electron chi connectivity index (χ4n) is 2.64. The van der Waals surface area contributed by atoms with Crippen molar-refractivity contribution in [1.29, 1.82) is 0 Å². The molecular formula is C17H18ClN3O2. The minimum absolute atomic E-state index is 0.258. The Bertz CT molecular complexity index is 715. The second-order valence-corrected chi connectivity index (χ2v) is 5.99. The van der Waals surface area contributed by atoms with E-state index < -0.39 is 0 Å². The molecule has 3 rings (SSSR count). The number of nitrogens with one attached hydrogen (secondary N) is 1. The largest absolute Gasteiger partial charge is 0.381 e. The van der Waals surface area contributed by atoms with Gasteiger partial charge in [0.1, 0.15) is 12.0 Å². The van der Waals surface area contributed by atoms with E-state index in [9.17, 15) is 4.79 Å². The Morgan fingerprint density at radius 2 is 2.09 bits per heavy atom. The summed E-state index contributed by atoms with van der Waals surface area (Å²) in [6.45, 7) is 3.33. The van der Waals surface area contributed by atoms with E-state index in [0.29, 0.717) is 22.3 Å². The summed E-state index contributed by atoms with van der Waals surface area (Å²) in [5.74, 6) is 0.0669. The van der Waals surface area contributed by atoms with Gasteiger partial charge in [0, 0.05) is 35.5 Å². The van der Waals surface area contributed by atoms with Crippen molar-refractivity contribution in [2.24, 2.45) is 0 Å². The van der Waals surface area contributed by atoms with Gasteiger partial charge in [-0.1, -0.05) is 17.7 Å². The molecule has 0 spiro atoms. The second kappa shape index (κ2) is 7.06. The van der Waals surface area contributed by atoms with Crippen LogP contribution in [0, 0.1) is 6.92 Å². The monoisotopic (exact) mass is 331 g/mol. The molecule has 0 unspecified atom stereocenters. The summed E-state index contributed by atoms with van der Waals surface area (Å²) in [6.07, 6.45) is 3.29. The van der Waals surface area contributed by atoms with Crippen LogP contribution in [0.3, 0.4) is 0 Å². The van der Waals surface area contributed by atoms with E-state index in [-0.39, 0.29) is 5.91 Å². The van der Waals surface area contributed by atoms with E-state index >= 15 is 0 Å². The lowest BCUT2D eigenvalue weighted by atomic mass is 9.96. The maximum atomic E-state index is 12.4. The van der Waals surface area contributed by atoms with Crippen molar-refractivity contribution < 1.29 is 9.53 Å². The average molecular weight is 332 g/mol. The Kier molecular flexibility index (Phi) is 4.88. The van der Waals surface area contributed by atoms with E-state index in [4.69, 9.17) is 16.3 Å². The third kappa shape index (κ3) is 3.68. The van der Waals surface area contributed by atoms with Crippen LogP contribution in [0.5, 0.6) is 0 Å². The standard InChI is InChI=1S/C17H18ClN3O2/c1-11-13(18)3-2-4-14(11)21-17(22)16-9-15(19-10-20-16)12-5-7-23-8-6-12/h2-4,9-10,12H,5-8H2,1H3,(H,21,22). The quantitative estimate of drug-likeness (QED) is 0.933. The van der Waals surface area contributed by atoms with Crippen LogP contribution in [0.1, 0.15) is 40.5 Å². The average Bonchev–Trinajstić information content (AvgIpc) is 2.60. The molecule has 120 valence electrons. The zero-order valence-corrected chi connectivity index (χ0v) is 13.6. The molecule has 1 amide bonds. The number of ether oxygens (including phenoxy) is 1. The van der Waals surface area contributed by atoms with Crippen LogP contribution in [0.4, 0.5) is 5.69 Å². The Morgan fingerprint density at radius 1 is 1.30 bits per heavy atom. The van der Waals surface area contributed by atoms with Gasteiger partial charge >= 0.3 is 0 Å². The molecule has 1 aromatic heterocycles. The topological polar surface area (TPSA) is 64.1 Å². The Labute approximate surface area is 140 Å². The summed E-state index contributed by atoms with van der Waals surface area (Å²) < 4.78 is 5.37. The smallest absolute Gasteiger partial charge is 0.274 e. The number of halogens is 1. The van der Waals surface area contributed by atoms with Gasteiger partial charge in [-0.25, -0.2) is 9.97 Å². The number of benzene rings is 1. The van der Waals surface area contributed by atoms with Crippen LogP contribution in [-0.2, 0) is 4.74 Å². The molecule has 2 aromatic rings. The van der Waals surface area contributed by atoms with Crippen LogP contribution in [-0.4, -0.2) is 29.1 Å². The maximum Gasteiger partial charge on any atom is 0.274 e. The lowest BCUT2D eigenvalue weighted by molar-refractivity contribution is 0.0844. The summed E-state index contributed by atoms with van der Waals surface area (Å²) in [7, 11) is 0. The molecule has 0 atom stereocenters. The van der Waals surface area contributed by atoms with Crippen LogP contribution in [0.2, 0.25) is 5.02 Å². The van der Waals surface area contributed by atoms with E-state index in [0.717, 1.165) is 37.3 Å². The highest BCUT2D eigenvalue weighted by atomic mass is 35.5. The first-order chi connectivity index (χ1) is 11.1. The van der Waals surface area contributed by atoms with Crippen molar-refractivity contribution in [2.45, 2.75) is 25.7 Å². The predicted octanol–water partition coefficient (Wildman–Crippen LogP) is 3.58. The van der Waals surface area contributed by atoms with Gasteiger partial charge in [0.2, 0.25) is 0 Å². The SMILES string of the molecule is Cc1c(Cl)cccc1NC(=O)c1cc(C2CCOCC2)ncn1. The maximum absolute atomic E-state index is 12.4. The number of carbonyl (C=O) groups excluding carboxylic acids is 1. The Balaban J connectivity index is 1.78. The molecule has 0 bridgehead atoms. The van der Waals surface area contributed by atoms with Crippen molar-refractivity contribution in [3.63, 3.8) is 0 Å². The molecule has 0 saturated carbocycles. The van der Waals surface area contributed by atoms with Crippen LogP contribution in [0.15, 0.2) is 30.6 Å². The molecule has 2 heterocycles. The normalized spacial score (nSPS) is 15.4. The van der Waals surface area contributed by atoms with Gasteiger partial charge in [0.25, 0.3) is 5.91 Å². The fourth-order valence-corrected chi connectivity index (χ4v) is 2.82. The molecule has 0 radical (unpaired) electrons. The van der Waals surface area contributed by atoms with Crippen molar-refractivity contribution in [1.82, 2.24) is 9.97 Å². The molecular weight excluding hydrogens is 314 g/mol. The van der Waals surface area contributed by atoms with E-state index in [2.05, 4.69) is 15.3 Å². The van der Waals surface area contributed by atoms with Crippen molar-refractivity contribution in [2.75, 3.05) is 18.5 Å². The van der Waals surface area contributed by atoms with Gasteiger partial charge in [-0.05, 0) is 43.5 Å². The minimum Gasteiger partial charge on any atom is -0.381 e. The molecule has 23 heavy (non-hydrogen) atoms. The fraction of sp³-hybridized carbons (Fsp3) is 0.353. The number of hydrogen-bond acceptors (Lipinski definition) is 4.